The van der Waals surface area contributed by atoms with Crippen LogP contribution in [0.5, 0.6) is 0 Å². The Balaban J connectivity index is 2.16. The van der Waals surface area contributed by atoms with Crippen molar-refractivity contribution in [2.45, 2.75) is 44.6 Å². The summed E-state index contributed by atoms with van der Waals surface area (Å²) in [5.74, 6) is 6.21. The first-order valence-corrected chi connectivity index (χ1v) is 5.84. The Morgan fingerprint density at radius 1 is 1.13 bits per heavy atom. The largest absolute Gasteiger partial charge is 0.271 e. The minimum atomic E-state index is 0.460. The Hall–Kier alpha value is -0.860. The van der Waals surface area contributed by atoms with Gasteiger partial charge in [-0.25, -0.2) is 0 Å². The van der Waals surface area contributed by atoms with Crippen LogP contribution in [-0.2, 0) is 0 Å². The molecule has 0 radical (unpaired) electrons. The molecule has 1 fully saturated rings. The van der Waals surface area contributed by atoms with Gasteiger partial charge in [0.15, 0.2) is 0 Å². The van der Waals surface area contributed by atoms with Gasteiger partial charge in [0.25, 0.3) is 0 Å². The standard InChI is InChI=1S/C13H20N2/c1-10-6-8-11(9-7-10)12-4-2-3-5-13(12)15-14/h6-9,12-13,15H,2-5,14H2,1H3/t12-,13+/m1/s1. The molecule has 0 spiro atoms. The number of nitrogens with one attached hydrogen (secondary N) is 1. The summed E-state index contributed by atoms with van der Waals surface area (Å²) < 4.78 is 0. The Morgan fingerprint density at radius 2 is 1.80 bits per heavy atom. The van der Waals surface area contributed by atoms with Crippen LogP contribution in [0, 0.1) is 6.92 Å². The van der Waals surface area contributed by atoms with E-state index in [1.807, 2.05) is 0 Å². The SMILES string of the molecule is Cc1ccc([C@H]2CCCC[C@@H]2NN)cc1. The number of rotatable bonds is 2. The average molecular weight is 204 g/mol. The minimum absolute atomic E-state index is 0.460. The first-order valence-electron chi connectivity index (χ1n) is 5.84. The lowest BCUT2D eigenvalue weighted by Crippen LogP contribution is -2.41. The summed E-state index contributed by atoms with van der Waals surface area (Å²) in [4.78, 5) is 0. The zero-order valence-corrected chi connectivity index (χ0v) is 9.37. The van der Waals surface area contributed by atoms with E-state index < -0.39 is 0 Å². The summed E-state index contributed by atoms with van der Waals surface area (Å²) in [7, 11) is 0. The number of benzene rings is 1. The van der Waals surface area contributed by atoms with E-state index in [2.05, 4.69) is 36.6 Å². The quantitative estimate of drug-likeness (QED) is 0.574. The summed E-state index contributed by atoms with van der Waals surface area (Å²) in [6.07, 6.45) is 5.10. The minimum Gasteiger partial charge on any atom is -0.271 e. The summed E-state index contributed by atoms with van der Waals surface area (Å²) in [5, 5.41) is 0. The molecule has 0 aliphatic heterocycles. The highest BCUT2D eigenvalue weighted by Gasteiger charge is 2.25. The van der Waals surface area contributed by atoms with Crippen molar-refractivity contribution in [1.29, 1.82) is 0 Å². The van der Waals surface area contributed by atoms with Gasteiger partial charge in [0, 0.05) is 12.0 Å². The zero-order valence-electron chi connectivity index (χ0n) is 9.37. The lowest BCUT2D eigenvalue weighted by molar-refractivity contribution is 0.331. The van der Waals surface area contributed by atoms with Crippen molar-refractivity contribution in [1.82, 2.24) is 5.43 Å². The molecule has 0 saturated heterocycles. The fraction of sp³-hybridized carbons (Fsp3) is 0.538. The third-order valence-corrected chi connectivity index (χ3v) is 3.49. The number of hydrogen-bond donors (Lipinski definition) is 2. The molecule has 0 bridgehead atoms. The molecule has 0 amide bonds. The van der Waals surface area contributed by atoms with Crippen LogP contribution < -0.4 is 11.3 Å². The third kappa shape index (κ3) is 2.39. The lowest BCUT2D eigenvalue weighted by atomic mass is 9.80. The molecule has 1 aliphatic rings. The third-order valence-electron chi connectivity index (χ3n) is 3.49. The Kier molecular flexibility index (Phi) is 3.39. The van der Waals surface area contributed by atoms with Crippen molar-refractivity contribution in [3.63, 3.8) is 0 Å². The fourth-order valence-corrected chi connectivity index (χ4v) is 2.54. The molecule has 0 heterocycles. The first kappa shape index (κ1) is 10.7. The van der Waals surface area contributed by atoms with Crippen molar-refractivity contribution in [3.8, 4) is 0 Å². The fourth-order valence-electron chi connectivity index (χ4n) is 2.54. The highest BCUT2D eigenvalue weighted by Crippen LogP contribution is 2.32. The first-order chi connectivity index (χ1) is 7.31. The molecule has 2 heteroatoms. The van der Waals surface area contributed by atoms with Crippen LogP contribution in [0.25, 0.3) is 0 Å². The van der Waals surface area contributed by atoms with Crippen LogP contribution >= 0.6 is 0 Å². The second kappa shape index (κ2) is 4.77. The van der Waals surface area contributed by atoms with E-state index in [0.29, 0.717) is 12.0 Å². The molecule has 1 aliphatic carbocycles. The van der Waals surface area contributed by atoms with Gasteiger partial charge in [-0.05, 0) is 25.3 Å². The molecule has 1 saturated carbocycles. The van der Waals surface area contributed by atoms with Gasteiger partial charge >= 0.3 is 0 Å². The monoisotopic (exact) mass is 204 g/mol. The second-order valence-electron chi connectivity index (χ2n) is 4.57. The predicted octanol–water partition coefficient (Wildman–Crippen LogP) is 2.48. The molecule has 2 nitrogen and oxygen atoms in total. The summed E-state index contributed by atoms with van der Waals surface area (Å²) in [5.41, 5.74) is 5.73. The van der Waals surface area contributed by atoms with Crippen molar-refractivity contribution < 1.29 is 0 Å². The molecule has 1 aromatic rings. The summed E-state index contributed by atoms with van der Waals surface area (Å²) in [6, 6.07) is 9.34. The number of nitrogens with two attached hydrogens (primary N) is 1. The Bertz CT molecular complexity index is 305. The number of aryl methyl sites for hydroxylation is 1. The van der Waals surface area contributed by atoms with Crippen molar-refractivity contribution in [2.75, 3.05) is 0 Å². The highest BCUT2D eigenvalue weighted by molar-refractivity contribution is 5.26. The maximum Gasteiger partial charge on any atom is 0.0279 e. The summed E-state index contributed by atoms with van der Waals surface area (Å²) >= 11 is 0. The number of hydrazine groups is 1. The maximum absolute atomic E-state index is 5.61. The molecular weight excluding hydrogens is 184 g/mol. The van der Waals surface area contributed by atoms with Crippen molar-refractivity contribution in [2.24, 2.45) is 5.84 Å². The number of hydrogen-bond acceptors (Lipinski definition) is 2. The van der Waals surface area contributed by atoms with Crippen LogP contribution in [-0.4, -0.2) is 6.04 Å². The molecular formula is C13H20N2. The topological polar surface area (TPSA) is 38.0 Å². The molecule has 15 heavy (non-hydrogen) atoms. The van der Waals surface area contributed by atoms with Gasteiger partial charge in [-0.15, -0.1) is 0 Å². The van der Waals surface area contributed by atoms with E-state index in [9.17, 15) is 0 Å². The predicted molar refractivity (Wildman–Crippen MR) is 63.5 cm³/mol. The lowest BCUT2D eigenvalue weighted by Gasteiger charge is -2.31. The van der Waals surface area contributed by atoms with Gasteiger partial charge in [-0.3, -0.25) is 11.3 Å². The summed E-state index contributed by atoms with van der Waals surface area (Å²) in [6.45, 7) is 2.13. The van der Waals surface area contributed by atoms with Gasteiger partial charge in [0.05, 0.1) is 0 Å². The Morgan fingerprint density at radius 3 is 2.47 bits per heavy atom. The van der Waals surface area contributed by atoms with E-state index >= 15 is 0 Å². The molecule has 0 unspecified atom stereocenters. The molecule has 1 aromatic carbocycles. The van der Waals surface area contributed by atoms with E-state index in [0.717, 1.165) is 0 Å². The highest BCUT2D eigenvalue weighted by atomic mass is 15.2. The van der Waals surface area contributed by atoms with Crippen LogP contribution in [0.4, 0.5) is 0 Å². The van der Waals surface area contributed by atoms with Gasteiger partial charge < -0.3 is 0 Å². The maximum atomic E-state index is 5.61. The molecule has 2 atom stereocenters. The zero-order chi connectivity index (χ0) is 10.7. The average Bonchev–Trinajstić information content (AvgIpc) is 2.30. The van der Waals surface area contributed by atoms with E-state index in [4.69, 9.17) is 5.84 Å². The van der Waals surface area contributed by atoms with Crippen LogP contribution in [0.1, 0.15) is 42.7 Å². The molecule has 0 aromatic heterocycles. The van der Waals surface area contributed by atoms with Crippen molar-refractivity contribution in [3.05, 3.63) is 35.4 Å². The van der Waals surface area contributed by atoms with Gasteiger partial charge in [0.2, 0.25) is 0 Å². The second-order valence-corrected chi connectivity index (χ2v) is 4.57. The Labute approximate surface area is 91.8 Å². The van der Waals surface area contributed by atoms with Crippen molar-refractivity contribution >= 4 is 0 Å². The van der Waals surface area contributed by atoms with E-state index in [1.54, 1.807) is 0 Å². The normalized spacial score (nSPS) is 26.5. The molecule has 2 rings (SSSR count). The molecule has 82 valence electrons. The van der Waals surface area contributed by atoms with Gasteiger partial charge in [-0.2, -0.15) is 0 Å². The van der Waals surface area contributed by atoms with Crippen LogP contribution in [0.3, 0.4) is 0 Å². The smallest absolute Gasteiger partial charge is 0.0279 e. The van der Waals surface area contributed by atoms with Crippen LogP contribution in [0.2, 0.25) is 0 Å². The van der Waals surface area contributed by atoms with E-state index in [1.165, 1.54) is 36.8 Å². The van der Waals surface area contributed by atoms with Gasteiger partial charge in [-0.1, -0.05) is 42.7 Å². The van der Waals surface area contributed by atoms with Gasteiger partial charge in [0.1, 0.15) is 0 Å². The molecule has 3 N–H and O–H groups in total. The van der Waals surface area contributed by atoms with E-state index in [-0.39, 0.29) is 0 Å². The van der Waals surface area contributed by atoms with Crippen LogP contribution in [0.15, 0.2) is 24.3 Å².